The topological polar surface area (TPSA) is 70.5 Å². The van der Waals surface area contributed by atoms with Crippen molar-refractivity contribution in [3.8, 4) is 11.8 Å². The lowest BCUT2D eigenvalue weighted by atomic mass is 10.1. The van der Waals surface area contributed by atoms with Crippen LogP contribution in [0.2, 0.25) is 0 Å². The van der Waals surface area contributed by atoms with Gasteiger partial charge in [0.25, 0.3) is 0 Å². The number of nitrogens with zero attached hydrogens (tertiary/aromatic N) is 2. The summed E-state index contributed by atoms with van der Waals surface area (Å²) in [6.07, 6.45) is 4.57. The first kappa shape index (κ1) is 25.5. The molecule has 0 fully saturated rings. The highest BCUT2D eigenvalue weighted by Gasteiger charge is 2.23. The van der Waals surface area contributed by atoms with Crippen LogP contribution >= 0.6 is 11.8 Å². The molecule has 0 saturated carbocycles. The van der Waals surface area contributed by atoms with Gasteiger partial charge >= 0.3 is 5.97 Å². The van der Waals surface area contributed by atoms with Gasteiger partial charge in [-0.05, 0) is 38.0 Å². The first-order valence-electron chi connectivity index (χ1n) is 10.8. The zero-order valence-electron chi connectivity index (χ0n) is 18.9. The Morgan fingerprint density at radius 3 is 1.97 bits per heavy atom. The van der Waals surface area contributed by atoms with Crippen molar-refractivity contribution in [3.05, 3.63) is 6.07 Å². The van der Waals surface area contributed by atoms with Gasteiger partial charge in [0.2, 0.25) is 11.8 Å². The number of carbonyl (C=O) groups excluding carboxylic acids is 1. The number of rotatable bonds is 15. The zero-order valence-corrected chi connectivity index (χ0v) is 19.7. The van der Waals surface area contributed by atoms with Crippen molar-refractivity contribution in [2.75, 3.05) is 19.8 Å². The van der Waals surface area contributed by atoms with E-state index in [1.54, 1.807) is 6.07 Å². The summed E-state index contributed by atoms with van der Waals surface area (Å²) < 4.78 is 16.9. The number of hydrogen-bond acceptors (Lipinski definition) is 7. The van der Waals surface area contributed by atoms with Crippen LogP contribution in [0, 0.1) is 11.8 Å². The first-order valence-corrected chi connectivity index (χ1v) is 11.7. The van der Waals surface area contributed by atoms with Crippen molar-refractivity contribution in [2.45, 2.75) is 84.1 Å². The normalized spacial score (nSPS) is 12.3. The third-order valence-corrected chi connectivity index (χ3v) is 5.27. The summed E-state index contributed by atoms with van der Waals surface area (Å²) in [4.78, 5) is 21.4. The highest BCUT2D eigenvalue weighted by molar-refractivity contribution is 8.00. The zero-order chi connectivity index (χ0) is 21.6. The molecule has 0 aliphatic heterocycles. The number of esters is 1. The second kappa shape index (κ2) is 14.5. The third-order valence-electron chi connectivity index (χ3n) is 4.17. The van der Waals surface area contributed by atoms with E-state index < -0.39 is 0 Å². The summed E-state index contributed by atoms with van der Waals surface area (Å²) in [7, 11) is 0. The SMILES string of the molecule is CCCCC(Sc1nc(OCCC(C)C)cc(OCCC(C)C)n1)C(=O)OCC. The Morgan fingerprint density at radius 1 is 0.966 bits per heavy atom. The smallest absolute Gasteiger partial charge is 0.319 e. The minimum Gasteiger partial charge on any atom is -0.477 e. The molecule has 7 heteroatoms. The van der Waals surface area contributed by atoms with Crippen molar-refractivity contribution < 1.29 is 19.0 Å². The molecule has 1 unspecified atom stereocenters. The van der Waals surface area contributed by atoms with Crippen molar-refractivity contribution in [1.29, 1.82) is 0 Å². The molecule has 0 aromatic carbocycles. The van der Waals surface area contributed by atoms with E-state index in [9.17, 15) is 4.79 Å². The molecule has 166 valence electrons. The molecule has 29 heavy (non-hydrogen) atoms. The van der Waals surface area contributed by atoms with Crippen LogP contribution in [0.1, 0.15) is 73.6 Å². The van der Waals surface area contributed by atoms with Gasteiger partial charge in [-0.3, -0.25) is 4.79 Å². The predicted octanol–water partition coefficient (Wildman–Crippen LogP) is 5.54. The van der Waals surface area contributed by atoms with Gasteiger partial charge in [0.15, 0.2) is 5.16 Å². The summed E-state index contributed by atoms with van der Waals surface area (Å²) >= 11 is 1.33. The minimum absolute atomic E-state index is 0.219. The average molecular weight is 427 g/mol. The summed E-state index contributed by atoms with van der Waals surface area (Å²) in [6.45, 7) is 14.1. The van der Waals surface area contributed by atoms with Crippen LogP contribution in [0.3, 0.4) is 0 Å². The lowest BCUT2D eigenvalue weighted by Gasteiger charge is -2.16. The van der Waals surface area contributed by atoms with Crippen molar-refractivity contribution >= 4 is 17.7 Å². The maximum Gasteiger partial charge on any atom is 0.319 e. The maximum atomic E-state index is 12.4. The molecule has 0 amide bonds. The van der Waals surface area contributed by atoms with E-state index in [1.165, 1.54) is 11.8 Å². The number of aromatic nitrogens is 2. The van der Waals surface area contributed by atoms with E-state index in [2.05, 4.69) is 44.6 Å². The third kappa shape index (κ3) is 11.3. The molecule has 0 aliphatic carbocycles. The molecule has 6 nitrogen and oxygen atoms in total. The van der Waals surface area contributed by atoms with Crippen LogP contribution in [0.15, 0.2) is 11.2 Å². The maximum absolute atomic E-state index is 12.4. The second-order valence-corrected chi connectivity index (χ2v) is 9.06. The molecule has 0 spiro atoms. The molecular formula is C22H38N2O4S. The molecule has 0 bridgehead atoms. The van der Waals surface area contributed by atoms with Crippen LogP contribution < -0.4 is 9.47 Å². The van der Waals surface area contributed by atoms with E-state index in [0.29, 0.717) is 48.6 Å². The average Bonchev–Trinajstić information content (AvgIpc) is 2.64. The molecule has 1 aromatic heterocycles. The van der Waals surface area contributed by atoms with Crippen LogP contribution in [0.25, 0.3) is 0 Å². The molecule has 1 atom stereocenters. The molecule has 0 N–H and O–H groups in total. The summed E-state index contributed by atoms with van der Waals surface area (Å²) in [5.41, 5.74) is 0. The first-order chi connectivity index (χ1) is 13.8. The van der Waals surface area contributed by atoms with Crippen molar-refractivity contribution in [1.82, 2.24) is 9.97 Å². The summed E-state index contributed by atoms with van der Waals surface area (Å²) in [5, 5.41) is 0.157. The van der Waals surface area contributed by atoms with Crippen LogP contribution in [-0.2, 0) is 9.53 Å². The minimum atomic E-state index is -0.329. The van der Waals surface area contributed by atoms with Crippen LogP contribution in [0.5, 0.6) is 11.8 Å². The van der Waals surface area contributed by atoms with Gasteiger partial charge in [-0.25, -0.2) is 0 Å². The number of unbranched alkanes of at least 4 members (excludes halogenated alkanes) is 1. The fourth-order valence-corrected chi connectivity index (χ4v) is 3.35. The summed E-state index contributed by atoms with van der Waals surface area (Å²) in [6, 6.07) is 1.73. The van der Waals surface area contributed by atoms with Gasteiger partial charge < -0.3 is 14.2 Å². The highest BCUT2D eigenvalue weighted by Crippen LogP contribution is 2.29. The van der Waals surface area contributed by atoms with E-state index >= 15 is 0 Å². The monoisotopic (exact) mass is 426 g/mol. The quantitative estimate of drug-likeness (QED) is 0.207. The largest absolute Gasteiger partial charge is 0.477 e. The van der Waals surface area contributed by atoms with E-state index in [-0.39, 0.29) is 11.2 Å². The Bertz CT molecular complexity index is 564. The number of thioether (sulfide) groups is 1. The Labute approximate surface area is 180 Å². The van der Waals surface area contributed by atoms with Gasteiger partial charge in [-0.2, -0.15) is 9.97 Å². The lowest BCUT2D eigenvalue weighted by molar-refractivity contribution is -0.142. The van der Waals surface area contributed by atoms with Crippen LogP contribution in [0.4, 0.5) is 0 Å². The standard InChI is InChI=1S/C22H38N2O4S/c1-7-9-10-18(21(25)26-8-2)29-22-23-19(27-13-11-16(3)4)15-20(24-22)28-14-12-17(5)6/h15-18H,7-14H2,1-6H3. The lowest BCUT2D eigenvalue weighted by Crippen LogP contribution is -2.21. The van der Waals surface area contributed by atoms with Gasteiger partial charge in [-0.1, -0.05) is 59.2 Å². The highest BCUT2D eigenvalue weighted by atomic mass is 32.2. The molecule has 1 rings (SSSR count). The molecular weight excluding hydrogens is 388 g/mol. The second-order valence-electron chi connectivity index (χ2n) is 7.89. The molecule has 0 saturated heterocycles. The summed E-state index contributed by atoms with van der Waals surface area (Å²) in [5.74, 6) is 1.86. The Balaban J connectivity index is 2.95. The fourth-order valence-electron chi connectivity index (χ4n) is 2.36. The van der Waals surface area contributed by atoms with Gasteiger partial charge in [0.05, 0.1) is 25.9 Å². The molecule has 1 heterocycles. The fraction of sp³-hybridized carbons (Fsp3) is 0.773. The van der Waals surface area contributed by atoms with Crippen molar-refractivity contribution in [2.24, 2.45) is 11.8 Å². The van der Waals surface area contributed by atoms with Gasteiger partial charge in [0.1, 0.15) is 5.25 Å². The van der Waals surface area contributed by atoms with Crippen LogP contribution in [-0.4, -0.2) is 41.0 Å². The van der Waals surface area contributed by atoms with Gasteiger partial charge in [0, 0.05) is 0 Å². The molecule has 0 aliphatic rings. The number of carbonyl (C=O) groups is 1. The molecule has 1 aromatic rings. The Morgan fingerprint density at radius 2 is 1.52 bits per heavy atom. The van der Waals surface area contributed by atoms with E-state index in [0.717, 1.165) is 32.1 Å². The molecule has 0 radical (unpaired) electrons. The Kier molecular flexibility index (Phi) is 12.7. The van der Waals surface area contributed by atoms with E-state index in [1.807, 2.05) is 6.92 Å². The van der Waals surface area contributed by atoms with E-state index in [4.69, 9.17) is 14.2 Å². The Hall–Kier alpha value is -1.50. The number of ether oxygens (including phenoxy) is 3. The number of hydrogen-bond donors (Lipinski definition) is 0. The predicted molar refractivity (Wildman–Crippen MR) is 118 cm³/mol. The van der Waals surface area contributed by atoms with Gasteiger partial charge in [-0.15, -0.1) is 0 Å². The van der Waals surface area contributed by atoms with Crippen molar-refractivity contribution in [3.63, 3.8) is 0 Å².